The molecule has 0 aliphatic rings. The number of nitro benzene ring substituents is 1. The Morgan fingerprint density at radius 1 is 0.969 bits per heavy atom. The Morgan fingerprint density at radius 3 is 2.16 bits per heavy atom. The topological polar surface area (TPSA) is 130 Å². The lowest BCUT2D eigenvalue weighted by Gasteiger charge is -2.10. The maximum atomic E-state index is 13.1. The molecule has 4 rings (SSSR count). The highest BCUT2D eigenvalue weighted by Gasteiger charge is 2.21. The first-order valence-electron chi connectivity index (χ1n) is 9.12. The number of hydrogen-bond acceptors (Lipinski definition) is 6. The molecular formula is C21H13F2N5O4. The number of carbonyl (C=O) groups excluding carboxylic acids is 1. The molecule has 32 heavy (non-hydrogen) atoms. The van der Waals surface area contributed by atoms with Gasteiger partial charge in [-0.25, -0.2) is 13.8 Å². The Balaban J connectivity index is 1.81. The van der Waals surface area contributed by atoms with E-state index in [9.17, 15) is 28.5 Å². The summed E-state index contributed by atoms with van der Waals surface area (Å²) >= 11 is 0. The number of aromatic amines is 1. The number of amides is 1. The molecule has 160 valence electrons. The van der Waals surface area contributed by atoms with Crippen molar-refractivity contribution in [3.05, 3.63) is 98.3 Å². The van der Waals surface area contributed by atoms with E-state index in [4.69, 9.17) is 0 Å². The van der Waals surface area contributed by atoms with Gasteiger partial charge < -0.3 is 10.6 Å². The fraction of sp³-hybridized carbons (Fsp3) is 0. The molecule has 9 nitrogen and oxygen atoms in total. The zero-order chi connectivity index (χ0) is 22.8. The molecule has 0 bridgehead atoms. The first-order chi connectivity index (χ1) is 15.3. The number of anilines is 3. The molecule has 4 aromatic rings. The third-order valence-corrected chi connectivity index (χ3v) is 4.46. The Morgan fingerprint density at radius 2 is 1.56 bits per heavy atom. The van der Waals surface area contributed by atoms with Crippen LogP contribution in [0.25, 0.3) is 10.9 Å². The van der Waals surface area contributed by atoms with Crippen molar-refractivity contribution in [3.8, 4) is 0 Å². The molecule has 1 amide bonds. The Bertz CT molecular complexity index is 1400. The molecule has 0 fully saturated rings. The van der Waals surface area contributed by atoms with E-state index in [0.717, 1.165) is 24.3 Å². The normalized spacial score (nSPS) is 10.7. The molecule has 0 unspecified atom stereocenters. The number of benzene rings is 3. The molecule has 0 saturated carbocycles. The lowest BCUT2D eigenvalue weighted by molar-refractivity contribution is -0.384. The maximum absolute atomic E-state index is 13.1. The van der Waals surface area contributed by atoms with E-state index in [2.05, 4.69) is 20.6 Å². The number of carbonyl (C=O) groups is 1. The van der Waals surface area contributed by atoms with Gasteiger partial charge in [0.2, 0.25) is 5.95 Å². The molecule has 3 aromatic carbocycles. The van der Waals surface area contributed by atoms with Crippen LogP contribution in [0.2, 0.25) is 0 Å². The van der Waals surface area contributed by atoms with Crippen molar-refractivity contribution in [2.45, 2.75) is 0 Å². The van der Waals surface area contributed by atoms with Crippen molar-refractivity contribution in [1.82, 2.24) is 9.97 Å². The van der Waals surface area contributed by atoms with Crippen LogP contribution in [0.5, 0.6) is 0 Å². The minimum Gasteiger partial charge on any atom is -0.326 e. The number of nitrogens with one attached hydrogen (secondary N) is 3. The van der Waals surface area contributed by atoms with E-state index in [1.54, 1.807) is 0 Å². The fourth-order valence-corrected chi connectivity index (χ4v) is 2.97. The molecule has 3 N–H and O–H groups in total. The standard InChI is InChI=1S/C21H13F2N5O4/c22-11-1-5-13(6-2-11)24-19(29)16-9-15(28(31)32)10-17-18(16)26-21(27-20(17)30)25-14-7-3-12(23)4-8-14/h1-10H,(H,24,29)(H2,25,26,27,30). The number of hydrogen-bond donors (Lipinski definition) is 3. The van der Waals surface area contributed by atoms with Gasteiger partial charge in [0.25, 0.3) is 17.2 Å². The minimum absolute atomic E-state index is 0.0567. The third-order valence-electron chi connectivity index (χ3n) is 4.46. The van der Waals surface area contributed by atoms with Crippen LogP contribution in [0, 0.1) is 21.7 Å². The van der Waals surface area contributed by atoms with Gasteiger partial charge in [0.05, 0.1) is 21.4 Å². The van der Waals surface area contributed by atoms with Crippen LogP contribution < -0.4 is 16.2 Å². The zero-order valence-corrected chi connectivity index (χ0v) is 16.1. The monoisotopic (exact) mass is 437 g/mol. The Kier molecular flexibility index (Phi) is 5.29. The molecule has 0 aliphatic heterocycles. The molecule has 0 radical (unpaired) electrons. The lowest BCUT2D eigenvalue weighted by Crippen LogP contribution is -2.17. The average molecular weight is 437 g/mol. The van der Waals surface area contributed by atoms with Gasteiger partial charge in [0.1, 0.15) is 11.6 Å². The number of halogens is 2. The molecule has 0 aliphatic carbocycles. The molecule has 11 heteroatoms. The van der Waals surface area contributed by atoms with Crippen LogP contribution in [0.15, 0.2) is 65.5 Å². The van der Waals surface area contributed by atoms with E-state index in [-0.39, 0.29) is 28.1 Å². The van der Waals surface area contributed by atoms with E-state index < -0.39 is 33.7 Å². The third kappa shape index (κ3) is 4.26. The van der Waals surface area contributed by atoms with Crippen LogP contribution in [0.3, 0.4) is 0 Å². The summed E-state index contributed by atoms with van der Waals surface area (Å²) in [6.07, 6.45) is 0. The molecular weight excluding hydrogens is 424 g/mol. The summed E-state index contributed by atoms with van der Waals surface area (Å²) in [7, 11) is 0. The second-order valence-electron chi connectivity index (χ2n) is 6.65. The van der Waals surface area contributed by atoms with Crippen LogP contribution in [-0.2, 0) is 0 Å². The summed E-state index contributed by atoms with van der Waals surface area (Å²) in [5.74, 6) is -1.80. The van der Waals surface area contributed by atoms with Crippen LogP contribution >= 0.6 is 0 Å². The number of nitrogens with zero attached hydrogens (tertiary/aromatic N) is 2. The highest BCUT2D eigenvalue weighted by molar-refractivity contribution is 6.12. The smallest absolute Gasteiger partial charge is 0.271 e. The quantitative estimate of drug-likeness (QED) is 0.318. The van der Waals surface area contributed by atoms with Gasteiger partial charge in [-0.3, -0.25) is 24.7 Å². The SMILES string of the molecule is O=C(Nc1ccc(F)cc1)c1cc([N+](=O)[O-])cc2c(=O)[nH]c(Nc3ccc(F)cc3)nc12. The summed E-state index contributed by atoms with van der Waals surface area (Å²) in [5.41, 5.74) is -0.874. The van der Waals surface area contributed by atoms with Crippen LogP contribution in [0.1, 0.15) is 10.4 Å². The number of non-ortho nitro benzene ring substituents is 1. The molecule has 0 spiro atoms. The van der Waals surface area contributed by atoms with E-state index in [1.165, 1.54) is 36.4 Å². The van der Waals surface area contributed by atoms with Gasteiger partial charge in [-0.1, -0.05) is 0 Å². The number of nitro groups is 1. The van der Waals surface area contributed by atoms with Gasteiger partial charge in [0.15, 0.2) is 0 Å². The van der Waals surface area contributed by atoms with Crippen molar-refractivity contribution in [3.63, 3.8) is 0 Å². The van der Waals surface area contributed by atoms with Crippen molar-refractivity contribution < 1.29 is 18.5 Å². The predicted molar refractivity (Wildman–Crippen MR) is 113 cm³/mol. The number of rotatable bonds is 5. The second-order valence-corrected chi connectivity index (χ2v) is 6.65. The van der Waals surface area contributed by atoms with Gasteiger partial charge in [-0.05, 0) is 48.5 Å². The number of H-pyrrole nitrogens is 1. The Hall–Kier alpha value is -4.67. The summed E-state index contributed by atoms with van der Waals surface area (Å²) in [4.78, 5) is 42.7. The summed E-state index contributed by atoms with van der Waals surface area (Å²) in [6, 6.07) is 12.1. The summed E-state index contributed by atoms with van der Waals surface area (Å²) < 4.78 is 26.2. The predicted octanol–water partition coefficient (Wildman–Crippen LogP) is 4.11. The van der Waals surface area contributed by atoms with Crippen molar-refractivity contribution in [1.29, 1.82) is 0 Å². The first kappa shape index (κ1) is 20.6. The second kappa shape index (κ2) is 8.22. The lowest BCUT2D eigenvalue weighted by atomic mass is 10.1. The highest BCUT2D eigenvalue weighted by atomic mass is 19.1. The largest absolute Gasteiger partial charge is 0.326 e. The van der Waals surface area contributed by atoms with Crippen molar-refractivity contribution in [2.24, 2.45) is 0 Å². The number of aromatic nitrogens is 2. The van der Waals surface area contributed by atoms with Crippen molar-refractivity contribution >= 4 is 39.8 Å². The minimum atomic E-state index is -0.781. The summed E-state index contributed by atoms with van der Waals surface area (Å²) in [5, 5.41) is 16.4. The number of fused-ring (bicyclic) bond motifs is 1. The fourth-order valence-electron chi connectivity index (χ4n) is 2.97. The summed E-state index contributed by atoms with van der Waals surface area (Å²) in [6.45, 7) is 0. The molecule has 1 heterocycles. The molecule has 1 aromatic heterocycles. The maximum Gasteiger partial charge on any atom is 0.271 e. The molecule has 0 atom stereocenters. The van der Waals surface area contributed by atoms with E-state index in [0.29, 0.717) is 5.69 Å². The van der Waals surface area contributed by atoms with Gasteiger partial charge in [-0.15, -0.1) is 0 Å². The van der Waals surface area contributed by atoms with Crippen molar-refractivity contribution in [2.75, 3.05) is 10.6 Å². The van der Waals surface area contributed by atoms with Crippen LogP contribution in [-0.4, -0.2) is 20.8 Å². The highest BCUT2D eigenvalue weighted by Crippen LogP contribution is 2.24. The molecule has 0 saturated heterocycles. The van der Waals surface area contributed by atoms with E-state index >= 15 is 0 Å². The van der Waals surface area contributed by atoms with Gasteiger partial charge in [-0.2, -0.15) is 0 Å². The average Bonchev–Trinajstić information content (AvgIpc) is 2.76. The van der Waals surface area contributed by atoms with Crippen LogP contribution in [0.4, 0.5) is 31.8 Å². The Labute approximate surface area is 177 Å². The van der Waals surface area contributed by atoms with E-state index in [1.807, 2.05) is 0 Å². The zero-order valence-electron chi connectivity index (χ0n) is 16.1. The van der Waals surface area contributed by atoms with Gasteiger partial charge >= 0.3 is 0 Å². The first-order valence-corrected chi connectivity index (χ1v) is 9.12. The van der Waals surface area contributed by atoms with Gasteiger partial charge in [0, 0.05) is 23.5 Å².